The number of benzene rings is 2. The molecule has 3 rings (SSSR count). The molecule has 3 nitrogen and oxygen atoms in total. The highest BCUT2D eigenvalue weighted by Crippen LogP contribution is 2.40. The fourth-order valence-electron chi connectivity index (χ4n) is 3.11. The van der Waals surface area contributed by atoms with E-state index in [1.165, 1.54) is 12.1 Å². The topological polar surface area (TPSA) is 46.3 Å². The molecule has 0 aromatic heterocycles. The highest BCUT2D eigenvalue weighted by molar-refractivity contribution is 6.00. The standard InChI is InChI=1S/C18H17F3N2O/c19-18(20,21)15-11-12(7-8-16(15)23-9-3-4-10-23)13-5-1-2-6-14(13)17(22)24/h1-2,5-8,11H,3-4,9-10H2,(H2,22,24). The number of primary amides is 1. The summed E-state index contributed by atoms with van der Waals surface area (Å²) in [4.78, 5) is 13.3. The van der Waals surface area contributed by atoms with Gasteiger partial charge in [-0.05, 0) is 42.2 Å². The molecule has 0 aliphatic carbocycles. The lowest BCUT2D eigenvalue weighted by Crippen LogP contribution is -2.22. The highest BCUT2D eigenvalue weighted by atomic mass is 19.4. The molecule has 0 radical (unpaired) electrons. The average Bonchev–Trinajstić information content (AvgIpc) is 3.08. The number of carbonyl (C=O) groups excluding carboxylic acids is 1. The number of hydrogen-bond acceptors (Lipinski definition) is 2. The smallest absolute Gasteiger partial charge is 0.371 e. The molecule has 126 valence electrons. The second-order valence-electron chi connectivity index (χ2n) is 5.83. The number of anilines is 1. The van der Waals surface area contributed by atoms with Gasteiger partial charge in [0, 0.05) is 24.3 Å². The Hall–Kier alpha value is -2.50. The minimum atomic E-state index is -4.46. The Bertz CT molecular complexity index is 765. The number of carbonyl (C=O) groups is 1. The van der Waals surface area contributed by atoms with E-state index in [1.807, 2.05) is 0 Å². The molecule has 2 N–H and O–H groups in total. The van der Waals surface area contributed by atoms with Gasteiger partial charge in [-0.3, -0.25) is 4.79 Å². The van der Waals surface area contributed by atoms with Crippen molar-refractivity contribution >= 4 is 11.6 Å². The van der Waals surface area contributed by atoms with Crippen LogP contribution in [0.5, 0.6) is 0 Å². The van der Waals surface area contributed by atoms with Gasteiger partial charge >= 0.3 is 6.18 Å². The van der Waals surface area contributed by atoms with Gasteiger partial charge < -0.3 is 10.6 Å². The van der Waals surface area contributed by atoms with Crippen LogP contribution < -0.4 is 10.6 Å². The van der Waals surface area contributed by atoms with Crippen LogP contribution in [0.4, 0.5) is 18.9 Å². The molecular weight excluding hydrogens is 317 g/mol. The average molecular weight is 334 g/mol. The van der Waals surface area contributed by atoms with E-state index in [0.717, 1.165) is 18.9 Å². The van der Waals surface area contributed by atoms with E-state index in [4.69, 9.17) is 5.73 Å². The molecule has 1 heterocycles. The zero-order chi connectivity index (χ0) is 17.3. The maximum atomic E-state index is 13.5. The van der Waals surface area contributed by atoms with Crippen LogP contribution in [0.2, 0.25) is 0 Å². The van der Waals surface area contributed by atoms with E-state index in [2.05, 4.69) is 0 Å². The number of hydrogen-bond donors (Lipinski definition) is 1. The molecular formula is C18H17F3N2O. The van der Waals surface area contributed by atoms with Crippen LogP contribution in [0.3, 0.4) is 0 Å². The number of halogens is 3. The molecule has 2 aromatic rings. The molecule has 1 amide bonds. The SMILES string of the molecule is NC(=O)c1ccccc1-c1ccc(N2CCCC2)c(C(F)(F)F)c1. The number of nitrogens with zero attached hydrogens (tertiary/aromatic N) is 1. The van der Waals surface area contributed by atoms with Crippen molar-refractivity contribution in [3.05, 3.63) is 53.6 Å². The van der Waals surface area contributed by atoms with Crippen molar-refractivity contribution in [3.63, 3.8) is 0 Å². The van der Waals surface area contributed by atoms with Gasteiger partial charge in [-0.15, -0.1) is 0 Å². The Kier molecular flexibility index (Phi) is 4.22. The Labute approximate surface area is 137 Å². The molecule has 2 aromatic carbocycles. The van der Waals surface area contributed by atoms with E-state index in [1.54, 1.807) is 29.2 Å². The minimum absolute atomic E-state index is 0.195. The van der Waals surface area contributed by atoms with E-state index in [9.17, 15) is 18.0 Å². The lowest BCUT2D eigenvalue weighted by molar-refractivity contribution is -0.137. The quantitative estimate of drug-likeness (QED) is 0.920. The molecule has 0 unspecified atom stereocenters. The van der Waals surface area contributed by atoms with Crippen molar-refractivity contribution in [3.8, 4) is 11.1 Å². The van der Waals surface area contributed by atoms with Gasteiger partial charge in [0.15, 0.2) is 0 Å². The molecule has 0 atom stereocenters. The monoisotopic (exact) mass is 334 g/mol. The zero-order valence-corrected chi connectivity index (χ0v) is 12.9. The molecule has 0 saturated carbocycles. The lowest BCUT2D eigenvalue weighted by atomic mass is 9.96. The van der Waals surface area contributed by atoms with Crippen molar-refractivity contribution < 1.29 is 18.0 Å². The third kappa shape index (κ3) is 3.09. The highest BCUT2D eigenvalue weighted by Gasteiger charge is 2.36. The summed E-state index contributed by atoms with van der Waals surface area (Å²) in [5, 5.41) is 0. The van der Waals surface area contributed by atoms with Crippen molar-refractivity contribution in [1.82, 2.24) is 0 Å². The summed E-state index contributed by atoms with van der Waals surface area (Å²) >= 11 is 0. The molecule has 1 saturated heterocycles. The Morgan fingerprint density at radius 2 is 1.71 bits per heavy atom. The molecule has 0 bridgehead atoms. The maximum Gasteiger partial charge on any atom is 0.418 e. The summed E-state index contributed by atoms with van der Waals surface area (Å²) in [6.07, 6.45) is -2.68. The summed E-state index contributed by atoms with van der Waals surface area (Å²) < 4.78 is 40.6. The van der Waals surface area contributed by atoms with E-state index < -0.39 is 17.6 Å². The Morgan fingerprint density at radius 3 is 2.33 bits per heavy atom. The van der Waals surface area contributed by atoms with Gasteiger partial charge in [-0.1, -0.05) is 24.3 Å². The van der Waals surface area contributed by atoms with Crippen LogP contribution in [-0.2, 0) is 6.18 Å². The van der Waals surface area contributed by atoms with E-state index in [-0.39, 0.29) is 11.3 Å². The van der Waals surface area contributed by atoms with E-state index in [0.29, 0.717) is 24.2 Å². The predicted octanol–water partition coefficient (Wildman–Crippen LogP) is 4.07. The number of nitrogens with two attached hydrogens (primary N) is 1. The summed E-state index contributed by atoms with van der Waals surface area (Å²) in [6.45, 7) is 1.25. The van der Waals surface area contributed by atoms with Gasteiger partial charge in [-0.25, -0.2) is 0 Å². The van der Waals surface area contributed by atoms with Gasteiger partial charge in [0.1, 0.15) is 0 Å². The zero-order valence-electron chi connectivity index (χ0n) is 12.9. The summed E-state index contributed by atoms with van der Waals surface area (Å²) in [7, 11) is 0. The summed E-state index contributed by atoms with van der Waals surface area (Å²) in [5.41, 5.74) is 5.80. The summed E-state index contributed by atoms with van der Waals surface area (Å²) in [5.74, 6) is -0.664. The Morgan fingerprint density at radius 1 is 1.04 bits per heavy atom. The largest absolute Gasteiger partial charge is 0.418 e. The van der Waals surface area contributed by atoms with Gasteiger partial charge in [0.2, 0.25) is 5.91 Å². The third-order valence-electron chi connectivity index (χ3n) is 4.25. The van der Waals surface area contributed by atoms with Crippen LogP contribution in [0.15, 0.2) is 42.5 Å². The van der Waals surface area contributed by atoms with Gasteiger partial charge in [-0.2, -0.15) is 13.2 Å². The van der Waals surface area contributed by atoms with Gasteiger partial charge in [0.05, 0.1) is 5.56 Å². The number of amides is 1. The second kappa shape index (κ2) is 6.19. The van der Waals surface area contributed by atoms with Crippen molar-refractivity contribution in [1.29, 1.82) is 0 Å². The second-order valence-corrected chi connectivity index (χ2v) is 5.83. The summed E-state index contributed by atoms with van der Waals surface area (Å²) in [6, 6.07) is 10.6. The van der Waals surface area contributed by atoms with E-state index >= 15 is 0 Å². The maximum absolute atomic E-state index is 13.5. The van der Waals surface area contributed by atoms with Crippen molar-refractivity contribution in [2.45, 2.75) is 19.0 Å². The lowest BCUT2D eigenvalue weighted by Gasteiger charge is -2.23. The molecule has 1 aliphatic rings. The molecule has 6 heteroatoms. The van der Waals surface area contributed by atoms with Crippen LogP contribution >= 0.6 is 0 Å². The molecule has 0 spiro atoms. The fraction of sp³-hybridized carbons (Fsp3) is 0.278. The first-order valence-corrected chi connectivity index (χ1v) is 7.73. The van der Waals surface area contributed by atoms with Crippen molar-refractivity contribution in [2.75, 3.05) is 18.0 Å². The predicted molar refractivity (Wildman–Crippen MR) is 86.8 cm³/mol. The fourth-order valence-corrected chi connectivity index (χ4v) is 3.11. The van der Waals surface area contributed by atoms with Crippen LogP contribution in [0.1, 0.15) is 28.8 Å². The molecule has 1 fully saturated rings. The number of alkyl halides is 3. The third-order valence-corrected chi connectivity index (χ3v) is 4.25. The Balaban J connectivity index is 2.13. The van der Waals surface area contributed by atoms with Crippen molar-refractivity contribution in [2.24, 2.45) is 5.73 Å². The molecule has 1 aliphatic heterocycles. The first-order valence-electron chi connectivity index (χ1n) is 7.73. The first kappa shape index (κ1) is 16.4. The molecule has 24 heavy (non-hydrogen) atoms. The van der Waals surface area contributed by atoms with Gasteiger partial charge in [0.25, 0.3) is 0 Å². The van der Waals surface area contributed by atoms with Crippen LogP contribution in [0.25, 0.3) is 11.1 Å². The number of rotatable bonds is 3. The first-order chi connectivity index (χ1) is 11.4. The minimum Gasteiger partial charge on any atom is -0.371 e. The van der Waals surface area contributed by atoms with Crippen LogP contribution in [-0.4, -0.2) is 19.0 Å². The van der Waals surface area contributed by atoms with Crippen LogP contribution in [0, 0.1) is 0 Å². The normalized spacial score (nSPS) is 14.9.